The van der Waals surface area contributed by atoms with Crippen molar-refractivity contribution in [2.75, 3.05) is 0 Å². The lowest BCUT2D eigenvalue weighted by Gasteiger charge is -2.02. The van der Waals surface area contributed by atoms with Crippen LogP contribution in [0.3, 0.4) is 0 Å². The van der Waals surface area contributed by atoms with Crippen molar-refractivity contribution in [3.05, 3.63) is 39.0 Å². The van der Waals surface area contributed by atoms with Crippen LogP contribution < -0.4 is 0 Å². The zero-order valence-electron chi connectivity index (χ0n) is 8.75. The van der Waals surface area contributed by atoms with Gasteiger partial charge >= 0.3 is 0 Å². The molecule has 0 aliphatic heterocycles. The van der Waals surface area contributed by atoms with Crippen LogP contribution in [0.5, 0.6) is 0 Å². The summed E-state index contributed by atoms with van der Waals surface area (Å²) in [4.78, 5) is 11.0. The lowest BCUT2D eigenvalue weighted by molar-refractivity contribution is 0.112. The van der Waals surface area contributed by atoms with E-state index in [1.165, 1.54) is 4.68 Å². The van der Waals surface area contributed by atoms with Crippen LogP contribution >= 0.6 is 34.8 Å². The van der Waals surface area contributed by atoms with E-state index in [4.69, 9.17) is 34.8 Å². The Hall–Kier alpha value is -1.03. The number of hydrogen-bond acceptors (Lipinski definition) is 2. The van der Waals surface area contributed by atoms with Crippen molar-refractivity contribution < 1.29 is 4.79 Å². The van der Waals surface area contributed by atoms with E-state index in [1.54, 1.807) is 25.2 Å². The zero-order valence-corrected chi connectivity index (χ0v) is 11.0. The summed E-state index contributed by atoms with van der Waals surface area (Å²) in [5.74, 6) is 0. The van der Waals surface area contributed by atoms with Gasteiger partial charge in [0.15, 0.2) is 6.29 Å². The highest BCUT2D eigenvalue weighted by molar-refractivity contribution is 6.36. The summed E-state index contributed by atoms with van der Waals surface area (Å²) in [5, 5.41) is 5.41. The van der Waals surface area contributed by atoms with Crippen molar-refractivity contribution in [2.24, 2.45) is 7.05 Å². The SMILES string of the molecule is Cn1nc(-c2cc(Cl)ccc2Cl)c(C=O)c1Cl. The fourth-order valence-corrected chi connectivity index (χ4v) is 2.05. The van der Waals surface area contributed by atoms with Gasteiger partial charge in [-0.1, -0.05) is 34.8 Å². The molecule has 0 aliphatic carbocycles. The summed E-state index contributed by atoms with van der Waals surface area (Å²) >= 11 is 17.9. The molecule has 0 saturated carbocycles. The number of aromatic nitrogens is 2. The highest BCUT2D eigenvalue weighted by Crippen LogP contribution is 2.33. The molecule has 1 heterocycles. The Bertz CT molecular complexity index is 593. The first kappa shape index (κ1) is 12.4. The fourth-order valence-electron chi connectivity index (χ4n) is 1.50. The second kappa shape index (κ2) is 4.69. The summed E-state index contributed by atoms with van der Waals surface area (Å²) in [6, 6.07) is 4.96. The Morgan fingerprint density at radius 1 is 1.29 bits per heavy atom. The number of nitrogens with zero attached hydrogens (tertiary/aromatic N) is 2. The third-order valence-electron chi connectivity index (χ3n) is 2.31. The highest BCUT2D eigenvalue weighted by atomic mass is 35.5. The Kier molecular flexibility index (Phi) is 3.43. The van der Waals surface area contributed by atoms with Gasteiger partial charge in [-0.05, 0) is 18.2 Å². The third-order valence-corrected chi connectivity index (χ3v) is 3.33. The van der Waals surface area contributed by atoms with Crippen LogP contribution in [0.25, 0.3) is 11.3 Å². The van der Waals surface area contributed by atoms with Gasteiger partial charge in [0.05, 0.1) is 10.6 Å². The molecule has 2 rings (SSSR count). The second-order valence-corrected chi connectivity index (χ2v) is 4.62. The average Bonchev–Trinajstić information content (AvgIpc) is 2.58. The molecule has 0 saturated heterocycles. The predicted octanol–water partition coefficient (Wildman–Crippen LogP) is 3.86. The molecular weight excluding hydrogens is 282 g/mol. The molecule has 0 unspecified atom stereocenters. The first-order valence-corrected chi connectivity index (χ1v) is 5.81. The Balaban J connectivity index is 2.72. The second-order valence-electron chi connectivity index (χ2n) is 3.42. The van der Waals surface area contributed by atoms with Crippen molar-refractivity contribution in [2.45, 2.75) is 0 Å². The molecule has 0 atom stereocenters. The molecule has 3 nitrogen and oxygen atoms in total. The number of aryl methyl sites for hydroxylation is 1. The van der Waals surface area contributed by atoms with Crippen LogP contribution in [0.1, 0.15) is 10.4 Å². The zero-order chi connectivity index (χ0) is 12.6. The molecular formula is C11H7Cl3N2O. The van der Waals surface area contributed by atoms with Gasteiger partial charge in [0, 0.05) is 17.6 Å². The van der Waals surface area contributed by atoms with Gasteiger partial charge < -0.3 is 0 Å². The molecule has 6 heteroatoms. The summed E-state index contributed by atoms with van der Waals surface area (Å²) in [6.45, 7) is 0. The van der Waals surface area contributed by atoms with Gasteiger partial charge in [-0.3, -0.25) is 9.48 Å². The van der Waals surface area contributed by atoms with Gasteiger partial charge in [-0.2, -0.15) is 5.10 Å². The summed E-state index contributed by atoms with van der Waals surface area (Å²) in [6.07, 6.45) is 0.655. The minimum Gasteiger partial charge on any atom is -0.298 e. The molecule has 0 spiro atoms. The summed E-state index contributed by atoms with van der Waals surface area (Å²) < 4.78 is 1.41. The van der Waals surface area contributed by atoms with Gasteiger partial charge in [0.25, 0.3) is 0 Å². The first-order valence-electron chi connectivity index (χ1n) is 4.67. The smallest absolute Gasteiger partial charge is 0.155 e. The normalized spacial score (nSPS) is 10.6. The molecule has 0 aliphatic rings. The van der Waals surface area contributed by atoms with Gasteiger partial charge in [-0.25, -0.2) is 0 Å². The summed E-state index contributed by atoms with van der Waals surface area (Å²) in [7, 11) is 1.65. The van der Waals surface area contributed by atoms with E-state index in [0.717, 1.165) is 0 Å². The topological polar surface area (TPSA) is 34.9 Å². The van der Waals surface area contributed by atoms with Crippen molar-refractivity contribution in [1.29, 1.82) is 0 Å². The average molecular weight is 290 g/mol. The van der Waals surface area contributed by atoms with Crippen LogP contribution in [0, 0.1) is 0 Å². The number of benzene rings is 1. The Morgan fingerprint density at radius 2 is 2.00 bits per heavy atom. The molecule has 88 valence electrons. The molecule has 0 N–H and O–H groups in total. The molecule has 0 fully saturated rings. The molecule has 17 heavy (non-hydrogen) atoms. The molecule has 1 aromatic carbocycles. The van der Waals surface area contributed by atoms with Crippen molar-refractivity contribution in [3.63, 3.8) is 0 Å². The number of aldehydes is 1. The Labute approximate surface area is 113 Å². The number of carbonyl (C=O) groups is 1. The number of rotatable bonds is 2. The Morgan fingerprint density at radius 3 is 2.65 bits per heavy atom. The van der Waals surface area contributed by atoms with Gasteiger partial charge in [-0.15, -0.1) is 0 Å². The van der Waals surface area contributed by atoms with E-state index in [-0.39, 0.29) is 5.15 Å². The van der Waals surface area contributed by atoms with Crippen LogP contribution in [0.4, 0.5) is 0 Å². The van der Waals surface area contributed by atoms with E-state index in [2.05, 4.69) is 5.10 Å². The van der Waals surface area contributed by atoms with E-state index in [9.17, 15) is 4.79 Å². The largest absolute Gasteiger partial charge is 0.298 e. The lowest BCUT2D eigenvalue weighted by atomic mass is 10.1. The first-order chi connectivity index (χ1) is 8.04. The maximum absolute atomic E-state index is 11.0. The lowest BCUT2D eigenvalue weighted by Crippen LogP contribution is -1.90. The number of halogens is 3. The third kappa shape index (κ3) is 2.18. The fraction of sp³-hybridized carbons (Fsp3) is 0.0909. The number of hydrogen-bond donors (Lipinski definition) is 0. The molecule has 1 aromatic heterocycles. The molecule has 0 amide bonds. The molecule has 0 radical (unpaired) electrons. The molecule has 2 aromatic rings. The van der Waals surface area contributed by atoms with E-state index >= 15 is 0 Å². The highest BCUT2D eigenvalue weighted by Gasteiger charge is 2.17. The van der Waals surface area contributed by atoms with Crippen molar-refractivity contribution in [3.8, 4) is 11.3 Å². The van der Waals surface area contributed by atoms with E-state index in [1.807, 2.05) is 0 Å². The molecule has 0 bridgehead atoms. The van der Waals surface area contributed by atoms with Crippen LogP contribution in [0.15, 0.2) is 18.2 Å². The quantitative estimate of drug-likeness (QED) is 0.787. The monoisotopic (exact) mass is 288 g/mol. The van der Waals surface area contributed by atoms with E-state index in [0.29, 0.717) is 33.2 Å². The van der Waals surface area contributed by atoms with Crippen LogP contribution in [0.2, 0.25) is 15.2 Å². The van der Waals surface area contributed by atoms with Crippen LogP contribution in [-0.2, 0) is 7.05 Å². The van der Waals surface area contributed by atoms with Crippen LogP contribution in [-0.4, -0.2) is 16.1 Å². The minimum absolute atomic E-state index is 0.269. The van der Waals surface area contributed by atoms with Gasteiger partial charge in [0.2, 0.25) is 0 Å². The minimum atomic E-state index is 0.269. The van der Waals surface area contributed by atoms with Crippen molar-refractivity contribution in [1.82, 2.24) is 9.78 Å². The van der Waals surface area contributed by atoms with E-state index < -0.39 is 0 Å². The summed E-state index contributed by atoms with van der Waals surface area (Å²) in [5.41, 5.74) is 1.32. The van der Waals surface area contributed by atoms with Gasteiger partial charge in [0.1, 0.15) is 10.8 Å². The van der Waals surface area contributed by atoms with Crippen molar-refractivity contribution >= 4 is 41.1 Å². The maximum atomic E-state index is 11.0. The predicted molar refractivity (Wildman–Crippen MR) is 69.1 cm³/mol. The standard InChI is InChI=1S/C11H7Cl3N2O/c1-16-11(14)8(5-17)10(15-16)7-4-6(12)2-3-9(7)13/h2-5H,1H3. The number of carbonyl (C=O) groups excluding carboxylic acids is 1. The maximum Gasteiger partial charge on any atom is 0.155 e.